The lowest BCUT2D eigenvalue weighted by Crippen LogP contribution is -2.33. The first kappa shape index (κ1) is 26.0. The monoisotopic (exact) mass is 558 g/mol. The summed E-state index contributed by atoms with van der Waals surface area (Å²) in [7, 11) is 0. The number of hydrogen-bond acceptors (Lipinski definition) is 5. The Hall–Kier alpha value is -4.10. The van der Waals surface area contributed by atoms with Crippen LogP contribution in [0.5, 0.6) is 17.2 Å². The predicted octanol–water partition coefficient (Wildman–Crippen LogP) is 6.52. The molecule has 0 saturated heterocycles. The molecule has 0 aromatic heterocycles. The van der Waals surface area contributed by atoms with Crippen LogP contribution in [0.25, 0.3) is 0 Å². The second-order valence-electron chi connectivity index (χ2n) is 8.19. The predicted molar refractivity (Wildman–Crippen MR) is 148 cm³/mol. The molecular formula is C30H27BrN2O4. The van der Waals surface area contributed by atoms with Crippen LogP contribution in [0, 0.1) is 0 Å². The molecule has 188 valence electrons. The highest BCUT2D eigenvalue weighted by atomic mass is 79.9. The molecule has 0 fully saturated rings. The van der Waals surface area contributed by atoms with Gasteiger partial charge in [-0.25, -0.2) is 5.43 Å². The summed E-state index contributed by atoms with van der Waals surface area (Å²) in [6, 6.07) is 32.5. The maximum absolute atomic E-state index is 12.5. The fraction of sp³-hybridized carbons (Fsp3) is 0.133. The summed E-state index contributed by atoms with van der Waals surface area (Å²) in [6.07, 6.45) is 0.817. The molecule has 1 N–H and O–H groups in total. The molecule has 0 saturated carbocycles. The number of halogens is 1. The van der Waals surface area contributed by atoms with Crippen molar-refractivity contribution in [2.24, 2.45) is 5.10 Å². The van der Waals surface area contributed by atoms with Crippen molar-refractivity contribution >= 4 is 28.1 Å². The topological polar surface area (TPSA) is 69.2 Å². The second kappa shape index (κ2) is 13.3. The Morgan fingerprint density at radius 2 is 1.43 bits per heavy atom. The fourth-order valence-electron chi connectivity index (χ4n) is 3.33. The molecule has 0 heterocycles. The number of nitrogens with one attached hydrogen (secondary N) is 1. The van der Waals surface area contributed by atoms with Crippen molar-refractivity contribution in [2.75, 3.05) is 0 Å². The largest absolute Gasteiger partial charge is 0.489 e. The summed E-state index contributed by atoms with van der Waals surface area (Å²) in [5.74, 6) is 1.58. The van der Waals surface area contributed by atoms with Crippen molar-refractivity contribution in [3.63, 3.8) is 0 Å². The smallest absolute Gasteiger partial charge is 0.280 e. The molecule has 0 radical (unpaired) electrons. The standard InChI is InChI=1S/C30H27BrN2O4/c1-22(37-28-17-15-27(16-18-28)35-20-23-7-3-2-4-8-23)30(34)33-32-19-25-9-5-6-10-29(25)36-21-24-11-13-26(31)14-12-24/h2-19,22H,20-21H2,1H3,(H,33,34)/b32-19-/t22-/m1/s1. The molecule has 0 aliphatic heterocycles. The van der Waals surface area contributed by atoms with Crippen molar-refractivity contribution in [3.05, 3.63) is 124 Å². The van der Waals surface area contributed by atoms with Crippen LogP contribution in [0.15, 0.2) is 113 Å². The number of nitrogens with zero attached hydrogens (tertiary/aromatic N) is 1. The van der Waals surface area contributed by atoms with Gasteiger partial charge in [-0.05, 0) is 66.6 Å². The molecule has 4 aromatic rings. The summed E-state index contributed by atoms with van der Waals surface area (Å²) >= 11 is 3.43. The van der Waals surface area contributed by atoms with Gasteiger partial charge in [0.05, 0.1) is 6.21 Å². The number of amides is 1. The third-order valence-corrected chi connectivity index (χ3v) is 5.89. The highest BCUT2D eigenvalue weighted by molar-refractivity contribution is 9.10. The number of hydrazone groups is 1. The molecule has 4 rings (SSSR count). The maximum atomic E-state index is 12.5. The molecule has 4 aromatic carbocycles. The van der Waals surface area contributed by atoms with E-state index in [2.05, 4.69) is 26.5 Å². The van der Waals surface area contributed by atoms with Crippen LogP contribution in [0.4, 0.5) is 0 Å². The molecule has 0 aliphatic rings. The van der Waals surface area contributed by atoms with Crippen LogP contribution in [0.1, 0.15) is 23.6 Å². The number of rotatable bonds is 11. The zero-order valence-electron chi connectivity index (χ0n) is 20.3. The van der Waals surface area contributed by atoms with Crippen LogP contribution >= 0.6 is 15.9 Å². The molecule has 7 heteroatoms. The minimum Gasteiger partial charge on any atom is -0.489 e. The first-order valence-corrected chi connectivity index (χ1v) is 12.6. The number of carbonyl (C=O) groups is 1. The molecule has 1 atom stereocenters. The van der Waals surface area contributed by atoms with Gasteiger partial charge in [-0.15, -0.1) is 0 Å². The Morgan fingerprint density at radius 1 is 0.811 bits per heavy atom. The van der Waals surface area contributed by atoms with Crippen molar-refractivity contribution in [3.8, 4) is 17.2 Å². The average Bonchev–Trinajstić information content (AvgIpc) is 2.93. The van der Waals surface area contributed by atoms with E-state index >= 15 is 0 Å². The van der Waals surface area contributed by atoms with Gasteiger partial charge >= 0.3 is 0 Å². The molecule has 37 heavy (non-hydrogen) atoms. The van der Waals surface area contributed by atoms with E-state index in [1.165, 1.54) is 0 Å². The molecular weight excluding hydrogens is 532 g/mol. The number of ether oxygens (including phenoxy) is 3. The average molecular weight is 559 g/mol. The van der Waals surface area contributed by atoms with E-state index < -0.39 is 6.10 Å². The van der Waals surface area contributed by atoms with Crippen LogP contribution < -0.4 is 19.6 Å². The van der Waals surface area contributed by atoms with Crippen molar-refractivity contribution in [2.45, 2.75) is 26.2 Å². The van der Waals surface area contributed by atoms with Crippen LogP contribution in [0.3, 0.4) is 0 Å². The first-order chi connectivity index (χ1) is 18.1. The van der Waals surface area contributed by atoms with Gasteiger partial charge in [0.15, 0.2) is 6.10 Å². The Kier molecular flexibility index (Phi) is 9.32. The van der Waals surface area contributed by atoms with Gasteiger partial charge < -0.3 is 14.2 Å². The van der Waals surface area contributed by atoms with Gasteiger partial charge in [-0.2, -0.15) is 5.10 Å². The molecule has 0 unspecified atom stereocenters. The van der Waals surface area contributed by atoms with Gasteiger partial charge in [0.25, 0.3) is 5.91 Å². The van der Waals surface area contributed by atoms with Crippen LogP contribution in [0.2, 0.25) is 0 Å². The Labute approximate surface area is 225 Å². The normalized spacial score (nSPS) is 11.6. The zero-order valence-corrected chi connectivity index (χ0v) is 21.9. The van der Waals surface area contributed by atoms with E-state index in [0.29, 0.717) is 24.7 Å². The van der Waals surface area contributed by atoms with Crippen molar-refractivity contribution < 1.29 is 19.0 Å². The zero-order chi connectivity index (χ0) is 25.9. The van der Waals surface area contributed by atoms with E-state index in [9.17, 15) is 4.79 Å². The molecule has 0 spiro atoms. The van der Waals surface area contributed by atoms with Crippen LogP contribution in [-0.4, -0.2) is 18.2 Å². The third-order valence-electron chi connectivity index (χ3n) is 5.36. The molecule has 0 aliphatic carbocycles. The Morgan fingerprint density at radius 3 is 2.19 bits per heavy atom. The van der Waals surface area contributed by atoms with E-state index in [4.69, 9.17) is 14.2 Å². The van der Waals surface area contributed by atoms with Crippen LogP contribution in [-0.2, 0) is 18.0 Å². The van der Waals surface area contributed by atoms with E-state index in [1.54, 1.807) is 25.3 Å². The lowest BCUT2D eigenvalue weighted by atomic mass is 10.2. The van der Waals surface area contributed by atoms with Gasteiger partial charge in [0.2, 0.25) is 0 Å². The minimum absolute atomic E-state index is 0.367. The molecule has 1 amide bonds. The first-order valence-electron chi connectivity index (χ1n) is 11.8. The van der Waals surface area contributed by atoms with Crippen molar-refractivity contribution in [1.29, 1.82) is 0 Å². The third kappa shape index (κ3) is 8.22. The Bertz CT molecular complexity index is 1310. The molecule has 6 nitrogen and oxygen atoms in total. The van der Waals surface area contributed by atoms with Gasteiger partial charge in [0.1, 0.15) is 30.5 Å². The Balaban J connectivity index is 1.25. The second-order valence-corrected chi connectivity index (χ2v) is 9.11. The fourth-order valence-corrected chi connectivity index (χ4v) is 3.59. The summed E-state index contributed by atoms with van der Waals surface area (Å²) in [6.45, 7) is 2.57. The van der Waals surface area contributed by atoms with Gasteiger partial charge in [0, 0.05) is 10.0 Å². The summed E-state index contributed by atoms with van der Waals surface area (Å²) in [5.41, 5.74) is 5.41. The van der Waals surface area contributed by atoms with E-state index in [0.717, 1.165) is 26.9 Å². The summed E-state index contributed by atoms with van der Waals surface area (Å²) in [4.78, 5) is 12.5. The summed E-state index contributed by atoms with van der Waals surface area (Å²) in [5, 5.41) is 4.09. The highest BCUT2D eigenvalue weighted by Gasteiger charge is 2.14. The highest BCUT2D eigenvalue weighted by Crippen LogP contribution is 2.20. The quantitative estimate of drug-likeness (QED) is 0.168. The summed E-state index contributed by atoms with van der Waals surface area (Å²) < 4.78 is 18.5. The van der Waals surface area contributed by atoms with E-state index in [1.807, 2.05) is 91.0 Å². The number of carbonyl (C=O) groups excluding carboxylic acids is 1. The number of benzene rings is 4. The van der Waals surface area contributed by atoms with E-state index in [-0.39, 0.29) is 5.91 Å². The lowest BCUT2D eigenvalue weighted by molar-refractivity contribution is -0.127. The van der Waals surface area contributed by atoms with Gasteiger partial charge in [-0.3, -0.25) is 4.79 Å². The van der Waals surface area contributed by atoms with Gasteiger partial charge in [-0.1, -0.05) is 70.5 Å². The number of para-hydroxylation sites is 1. The maximum Gasteiger partial charge on any atom is 0.280 e. The SMILES string of the molecule is C[C@@H](Oc1ccc(OCc2ccccc2)cc1)C(=O)N/N=C\c1ccccc1OCc1ccc(Br)cc1. The lowest BCUT2D eigenvalue weighted by Gasteiger charge is -2.14. The minimum atomic E-state index is -0.739. The van der Waals surface area contributed by atoms with Crippen molar-refractivity contribution in [1.82, 2.24) is 5.43 Å². The molecule has 0 bridgehead atoms. The number of hydrogen-bond donors (Lipinski definition) is 1.